The van der Waals surface area contributed by atoms with Crippen molar-refractivity contribution in [1.29, 1.82) is 0 Å². The number of ether oxygens (including phenoxy) is 2. The third kappa shape index (κ3) is 5.12. The molecular weight excluding hydrogens is 364 g/mol. The minimum atomic E-state index is -1.06. The summed E-state index contributed by atoms with van der Waals surface area (Å²) in [5.41, 5.74) is 5.06. The quantitative estimate of drug-likeness (QED) is 0.475. The third-order valence-corrected chi connectivity index (χ3v) is 5.78. The second-order valence-corrected chi connectivity index (χ2v) is 8.83. The number of ketones is 1. The molecule has 0 N–H and O–H groups in total. The van der Waals surface area contributed by atoms with Crippen molar-refractivity contribution in [2.45, 2.75) is 78.3 Å². The van der Waals surface area contributed by atoms with Gasteiger partial charge in [-0.05, 0) is 83.3 Å². The highest BCUT2D eigenvalue weighted by Gasteiger charge is 2.45. The van der Waals surface area contributed by atoms with Crippen molar-refractivity contribution in [3.63, 3.8) is 0 Å². The second kappa shape index (κ2) is 8.76. The Morgan fingerprint density at radius 2 is 1.93 bits per heavy atom. The maximum atomic E-state index is 12.1. The van der Waals surface area contributed by atoms with Gasteiger partial charge in [-0.2, -0.15) is 0 Å². The molecule has 4 nitrogen and oxygen atoms in total. The maximum Gasteiger partial charge on any atom is 0.210 e. The topological polar surface area (TPSA) is 52.6 Å². The Kier molecular flexibility index (Phi) is 6.55. The number of hydrogen-bond donors (Lipinski definition) is 0. The van der Waals surface area contributed by atoms with E-state index in [0.29, 0.717) is 17.6 Å². The first-order valence-electron chi connectivity index (χ1n) is 10.5. The van der Waals surface area contributed by atoms with E-state index >= 15 is 0 Å². The fourth-order valence-electron chi connectivity index (χ4n) is 4.32. The fourth-order valence-corrected chi connectivity index (χ4v) is 4.32. The van der Waals surface area contributed by atoms with Gasteiger partial charge in [-0.15, -0.1) is 0 Å². The van der Waals surface area contributed by atoms with E-state index in [0.717, 1.165) is 25.5 Å². The smallest absolute Gasteiger partial charge is 0.210 e. The largest absolute Gasteiger partial charge is 0.335 e. The van der Waals surface area contributed by atoms with Crippen LogP contribution in [-0.4, -0.2) is 30.1 Å². The normalized spacial score (nSPS) is 32.2. The van der Waals surface area contributed by atoms with E-state index < -0.39 is 5.79 Å². The summed E-state index contributed by atoms with van der Waals surface area (Å²) in [6.45, 7) is 10.2. The van der Waals surface area contributed by atoms with Gasteiger partial charge in [0.1, 0.15) is 6.29 Å². The van der Waals surface area contributed by atoms with Crippen LogP contribution in [-0.2, 0) is 19.1 Å². The molecule has 2 heterocycles. The van der Waals surface area contributed by atoms with Crippen LogP contribution >= 0.6 is 0 Å². The van der Waals surface area contributed by atoms with Crippen LogP contribution in [0.15, 0.2) is 58.2 Å². The van der Waals surface area contributed by atoms with Crippen molar-refractivity contribution in [2.24, 2.45) is 5.92 Å². The zero-order chi connectivity index (χ0) is 21.2. The van der Waals surface area contributed by atoms with E-state index in [1.165, 1.54) is 16.7 Å². The molecule has 156 valence electrons. The van der Waals surface area contributed by atoms with Gasteiger partial charge in [0, 0.05) is 12.3 Å². The molecule has 0 radical (unpaired) electrons. The van der Waals surface area contributed by atoms with Crippen molar-refractivity contribution in [1.82, 2.24) is 0 Å². The molecule has 0 amide bonds. The predicted molar refractivity (Wildman–Crippen MR) is 114 cm³/mol. The Morgan fingerprint density at radius 3 is 2.62 bits per heavy atom. The van der Waals surface area contributed by atoms with Crippen LogP contribution < -0.4 is 0 Å². The average molecular weight is 397 g/mol. The number of rotatable bonds is 5. The van der Waals surface area contributed by atoms with Crippen LogP contribution in [0.5, 0.6) is 0 Å². The summed E-state index contributed by atoms with van der Waals surface area (Å²) >= 11 is 0. The lowest BCUT2D eigenvalue weighted by molar-refractivity contribution is -0.224. The molecule has 4 heteroatoms. The molecule has 0 bridgehead atoms. The highest BCUT2D eigenvalue weighted by Crippen LogP contribution is 2.42. The summed E-state index contributed by atoms with van der Waals surface area (Å²) in [6, 6.07) is 0. The molecule has 0 saturated heterocycles. The van der Waals surface area contributed by atoms with Crippen LogP contribution in [0, 0.1) is 5.92 Å². The highest BCUT2D eigenvalue weighted by molar-refractivity contribution is 5.97. The van der Waals surface area contributed by atoms with Crippen molar-refractivity contribution in [3.05, 3.63) is 58.2 Å². The first-order chi connectivity index (χ1) is 13.7. The number of Topliss-reactive ketones (excluding diaryl/α,β-unsaturated/α-hetero) is 1. The van der Waals surface area contributed by atoms with Gasteiger partial charge in [-0.1, -0.05) is 28.9 Å². The third-order valence-electron chi connectivity index (χ3n) is 5.78. The Balaban J connectivity index is 1.84. The molecule has 4 atom stereocenters. The van der Waals surface area contributed by atoms with Crippen molar-refractivity contribution < 1.29 is 19.1 Å². The average Bonchev–Trinajstić information content (AvgIpc) is 2.61. The SMILES string of the molecule is CC(C)=CCC/C(C)=C/[C@@H]1CC(C)=C[C@]2(C=C(C=O)[C@H]3CC(=O)C(C)=C[C@H]3O2)O1. The number of carbonyl (C=O) groups is 2. The minimum absolute atomic E-state index is 0.0719. The summed E-state index contributed by atoms with van der Waals surface area (Å²) in [7, 11) is 0. The molecular formula is C25H32O4. The van der Waals surface area contributed by atoms with E-state index in [1.54, 1.807) is 13.0 Å². The molecule has 1 aliphatic carbocycles. The molecule has 0 aromatic rings. The number of fused-ring (bicyclic) bond motifs is 1. The lowest BCUT2D eigenvalue weighted by Crippen LogP contribution is -2.48. The standard InChI is InChI=1S/C25H32O4/c1-16(2)7-6-8-17(3)9-21-10-18(4)13-25(28-21)14-20(15-26)22-12-23(27)19(5)11-24(22)29-25/h7,9,11,13-15,21-22,24H,6,8,10,12H2,1-5H3/b17-9+/t21-,22-,24-,25+/m1/s1. The van der Waals surface area contributed by atoms with E-state index in [1.807, 2.05) is 12.2 Å². The zero-order valence-electron chi connectivity index (χ0n) is 18.2. The molecule has 0 saturated carbocycles. The lowest BCUT2D eigenvalue weighted by Gasteiger charge is -2.44. The highest BCUT2D eigenvalue weighted by atomic mass is 16.7. The zero-order valence-corrected chi connectivity index (χ0v) is 18.2. The summed E-state index contributed by atoms with van der Waals surface area (Å²) in [4.78, 5) is 23.9. The minimum Gasteiger partial charge on any atom is -0.335 e. The Hall–Kier alpha value is -2.04. The fraction of sp³-hybridized carbons (Fsp3) is 0.520. The van der Waals surface area contributed by atoms with Gasteiger partial charge < -0.3 is 9.47 Å². The van der Waals surface area contributed by atoms with Crippen molar-refractivity contribution >= 4 is 12.1 Å². The Labute approximate surface area is 174 Å². The van der Waals surface area contributed by atoms with Gasteiger partial charge in [0.25, 0.3) is 0 Å². The predicted octanol–water partition coefficient (Wildman–Crippen LogP) is 5.17. The summed E-state index contributed by atoms with van der Waals surface area (Å²) in [5, 5.41) is 0. The molecule has 0 unspecified atom stereocenters. The molecule has 0 fully saturated rings. The van der Waals surface area contributed by atoms with Crippen molar-refractivity contribution in [3.8, 4) is 0 Å². The number of hydrogen-bond acceptors (Lipinski definition) is 4. The van der Waals surface area contributed by atoms with Crippen LogP contribution in [0.25, 0.3) is 0 Å². The molecule has 3 aliphatic rings. The number of aldehydes is 1. The van der Waals surface area contributed by atoms with Gasteiger partial charge in [0.05, 0.1) is 12.2 Å². The summed E-state index contributed by atoms with van der Waals surface area (Å²) in [5.74, 6) is -1.21. The van der Waals surface area contributed by atoms with Crippen LogP contribution in [0.1, 0.15) is 60.3 Å². The maximum absolute atomic E-state index is 12.1. The molecule has 1 spiro atoms. The lowest BCUT2D eigenvalue weighted by atomic mass is 9.79. The van der Waals surface area contributed by atoms with E-state index in [9.17, 15) is 9.59 Å². The van der Waals surface area contributed by atoms with E-state index in [2.05, 4.69) is 39.8 Å². The van der Waals surface area contributed by atoms with Gasteiger partial charge in [0.15, 0.2) is 5.78 Å². The van der Waals surface area contributed by atoms with E-state index in [-0.39, 0.29) is 23.9 Å². The van der Waals surface area contributed by atoms with Crippen LogP contribution in [0.2, 0.25) is 0 Å². The Bertz CT molecular complexity index is 835. The number of carbonyl (C=O) groups excluding carboxylic acids is 2. The molecule has 0 aromatic carbocycles. The molecule has 2 aliphatic heterocycles. The molecule has 0 aromatic heterocycles. The van der Waals surface area contributed by atoms with Gasteiger partial charge >= 0.3 is 0 Å². The molecule has 3 rings (SSSR count). The summed E-state index contributed by atoms with van der Waals surface area (Å²) < 4.78 is 12.7. The van der Waals surface area contributed by atoms with Crippen LogP contribution in [0.4, 0.5) is 0 Å². The summed E-state index contributed by atoms with van der Waals surface area (Å²) in [6.07, 6.45) is 13.5. The van der Waals surface area contributed by atoms with Gasteiger partial charge in [-0.25, -0.2) is 0 Å². The van der Waals surface area contributed by atoms with Crippen LogP contribution in [0.3, 0.4) is 0 Å². The number of allylic oxidation sites excluding steroid dienone is 4. The second-order valence-electron chi connectivity index (χ2n) is 8.83. The molecule has 29 heavy (non-hydrogen) atoms. The Morgan fingerprint density at radius 1 is 1.17 bits per heavy atom. The van der Waals surface area contributed by atoms with Gasteiger partial charge in [0.2, 0.25) is 5.79 Å². The van der Waals surface area contributed by atoms with Crippen molar-refractivity contribution in [2.75, 3.05) is 0 Å². The first-order valence-corrected chi connectivity index (χ1v) is 10.5. The van der Waals surface area contributed by atoms with Gasteiger partial charge in [-0.3, -0.25) is 9.59 Å². The van der Waals surface area contributed by atoms with E-state index in [4.69, 9.17) is 9.47 Å². The monoisotopic (exact) mass is 396 g/mol. The first kappa shape index (κ1) is 21.7.